The van der Waals surface area contributed by atoms with Crippen LogP contribution in [0.4, 0.5) is 0 Å². The van der Waals surface area contributed by atoms with Crippen molar-refractivity contribution >= 4 is 11.3 Å². The van der Waals surface area contributed by atoms with Crippen molar-refractivity contribution in [1.29, 1.82) is 5.26 Å². The van der Waals surface area contributed by atoms with Crippen LogP contribution < -0.4 is 5.32 Å². The largest absolute Gasteiger partial charge is 0.309 e. The van der Waals surface area contributed by atoms with Gasteiger partial charge < -0.3 is 5.32 Å². The molecule has 3 heteroatoms. The number of hydrogen-bond donors (Lipinski definition) is 1. The molecule has 1 N–H and O–H groups in total. The quantitative estimate of drug-likeness (QED) is 0.871. The third-order valence-corrected chi connectivity index (χ3v) is 4.22. The first-order valence-corrected chi connectivity index (χ1v) is 6.87. The summed E-state index contributed by atoms with van der Waals surface area (Å²) in [5.41, 5.74) is 0.791. The van der Waals surface area contributed by atoms with Crippen LogP contribution >= 0.6 is 11.3 Å². The van der Waals surface area contributed by atoms with E-state index in [0.29, 0.717) is 6.04 Å². The average molecular weight is 234 g/mol. The highest BCUT2D eigenvalue weighted by atomic mass is 32.1. The smallest absolute Gasteiger partial charge is 0.100 e. The summed E-state index contributed by atoms with van der Waals surface area (Å²) in [5.74, 6) is 0.865. The summed E-state index contributed by atoms with van der Waals surface area (Å²) in [4.78, 5) is 1.27. The van der Waals surface area contributed by atoms with E-state index in [4.69, 9.17) is 5.26 Å². The minimum atomic E-state index is 0.677. The summed E-state index contributed by atoms with van der Waals surface area (Å²) >= 11 is 1.68. The molecule has 1 saturated carbocycles. The highest BCUT2D eigenvalue weighted by molar-refractivity contribution is 7.10. The predicted octanol–water partition coefficient (Wildman–Crippen LogP) is 3.29. The van der Waals surface area contributed by atoms with Crippen molar-refractivity contribution in [3.8, 4) is 6.07 Å². The lowest BCUT2D eigenvalue weighted by Gasteiger charge is -2.27. The number of thiophene rings is 1. The Bertz CT molecular complexity index is 378. The van der Waals surface area contributed by atoms with Crippen LogP contribution in [0.15, 0.2) is 11.4 Å². The van der Waals surface area contributed by atoms with Crippen LogP contribution in [-0.2, 0) is 6.54 Å². The van der Waals surface area contributed by atoms with Crippen LogP contribution in [0.5, 0.6) is 0 Å². The van der Waals surface area contributed by atoms with E-state index in [1.807, 2.05) is 11.4 Å². The summed E-state index contributed by atoms with van der Waals surface area (Å²) in [7, 11) is 0. The second-order valence-electron chi connectivity index (χ2n) is 4.76. The average Bonchev–Trinajstić information content (AvgIpc) is 2.74. The molecule has 1 aromatic heterocycles. The summed E-state index contributed by atoms with van der Waals surface area (Å²) < 4.78 is 0. The summed E-state index contributed by atoms with van der Waals surface area (Å²) in [6.07, 6.45) is 5.35. The van der Waals surface area contributed by atoms with Gasteiger partial charge in [0.1, 0.15) is 6.07 Å². The van der Waals surface area contributed by atoms with E-state index in [1.54, 1.807) is 11.3 Å². The first-order valence-electron chi connectivity index (χ1n) is 5.99. The van der Waals surface area contributed by atoms with Gasteiger partial charge in [0.25, 0.3) is 0 Å². The zero-order valence-corrected chi connectivity index (χ0v) is 10.5. The highest BCUT2D eigenvalue weighted by Gasteiger charge is 2.18. The van der Waals surface area contributed by atoms with E-state index in [0.717, 1.165) is 18.0 Å². The molecular formula is C13H18N2S. The van der Waals surface area contributed by atoms with Gasteiger partial charge in [-0.25, -0.2) is 0 Å². The number of nitrogens with one attached hydrogen (secondary N) is 1. The zero-order chi connectivity index (χ0) is 11.4. The van der Waals surface area contributed by atoms with Gasteiger partial charge in [-0.1, -0.05) is 19.8 Å². The molecule has 1 aliphatic rings. The minimum absolute atomic E-state index is 0.677. The fourth-order valence-electron chi connectivity index (χ4n) is 2.40. The molecule has 1 aromatic rings. The van der Waals surface area contributed by atoms with Gasteiger partial charge in [-0.15, -0.1) is 11.3 Å². The molecular weight excluding hydrogens is 216 g/mol. The normalized spacial score (nSPS) is 25.2. The zero-order valence-electron chi connectivity index (χ0n) is 9.70. The molecule has 0 spiro atoms. The SMILES string of the molecule is CC1CCCC(NCc2cc(C#N)cs2)C1. The number of hydrogen-bond acceptors (Lipinski definition) is 3. The van der Waals surface area contributed by atoms with E-state index < -0.39 is 0 Å². The summed E-state index contributed by atoms with van der Waals surface area (Å²) in [6.45, 7) is 3.26. The van der Waals surface area contributed by atoms with Crippen LogP contribution in [0.1, 0.15) is 43.0 Å². The van der Waals surface area contributed by atoms with E-state index in [1.165, 1.54) is 30.6 Å². The van der Waals surface area contributed by atoms with Crippen molar-refractivity contribution in [2.24, 2.45) is 5.92 Å². The Morgan fingerprint density at radius 2 is 2.44 bits per heavy atom. The maximum atomic E-state index is 8.74. The molecule has 0 bridgehead atoms. The lowest BCUT2D eigenvalue weighted by Crippen LogP contribution is -2.32. The molecule has 0 radical (unpaired) electrons. The van der Waals surface area contributed by atoms with Gasteiger partial charge in [-0.3, -0.25) is 0 Å². The highest BCUT2D eigenvalue weighted by Crippen LogP contribution is 2.24. The predicted molar refractivity (Wildman–Crippen MR) is 67.3 cm³/mol. The van der Waals surface area contributed by atoms with Crippen LogP contribution in [0.25, 0.3) is 0 Å². The molecule has 2 unspecified atom stereocenters. The first-order chi connectivity index (χ1) is 7.78. The van der Waals surface area contributed by atoms with Crippen LogP contribution in [0.3, 0.4) is 0 Å². The molecule has 2 rings (SSSR count). The van der Waals surface area contributed by atoms with Gasteiger partial charge in [0, 0.05) is 22.8 Å². The van der Waals surface area contributed by atoms with Crippen molar-refractivity contribution < 1.29 is 0 Å². The Kier molecular flexibility index (Phi) is 3.98. The fraction of sp³-hybridized carbons (Fsp3) is 0.615. The summed E-state index contributed by atoms with van der Waals surface area (Å²) in [5, 5.41) is 14.3. The first kappa shape index (κ1) is 11.6. The van der Waals surface area contributed by atoms with E-state index in [2.05, 4.69) is 18.3 Å². The molecule has 1 fully saturated rings. The van der Waals surface area contributed by atoms with Crippen molar-refractivity contribution in [2.75, 3.05) is 0 Å². The molecule has 0 aliphatic heterocycles. The third-order valence-electron chi connectivity index (χ3n) is 3.28. The van der Waals surface area contributed by atoms with E-state index >= 15 is 0 Å². The Labute approximate surface area is 101 Å². The van der Waals surface area contributed by atoms with Gasteiger partial charge >= 0.3 is 0 Å². The molecule has 16 heavy (non-hydrogen) atoms. The maximum Gasteiger partial charge on any atom is 0.100 e. The fourth-order valence-corrected chi connectivity index (χ4v) is 3.16. The van der Waals surface area contributed by atoms with E-state index in [-0.39, 0.29) is 0 Å². The number of rotatable bonds is 3. The molecule has 86 valence electrons. The van der Waals surface area contributed by atoms with Crippen LogP contribution in [0, 0.1) is 17.2 Å². The third kappa shape index (κ3) is 3.07. The molecule has 2 atom stereocenters. The van der Waals surface area contributed by atoms with Gasteiger partial charge in [0.05, 0.1) is 5.56 Å². The second-order valence-corrected chi connectivity index (χ2v) is 5.76. The Morgan fingerprint density at radius 1 is 1.56 bits per heavy atom. The Balaban J connectivity index is 1.80. The molecule has 2 nitrogen and oxygen atoms in total. The van der Waals surface area contributed by atoms with Crippen LogP contribution in [-0.4, -0.2) is 6.04 Å². The topological polar surface area (TPSA) is 35.8 Å². The lowest BCUT2D eigenvalue weighted by molar-refractivity contribution is 0.301. The van der Waals surface area contributed by atoms with Crippen molar-refractivity contribution in [1.82, 2.24) is 5.32 Å². The van der Waals surface area contributed by atoms with Crippen LogP contribution in [0.2, 0.25) is 0 Å². The Hall–Kier alpha value is -0.850. The maximum absolute atomic E-state index is 8.74. The van der Waals surface area contributed by atoms with Gasteiger partial charge in [0.2, 0.25) is 0 Å². The van der Waals surface area contributed by atoms with Crippen molar-refractivity contribution in [3.63, 3.8) is 0 Å². The van der Waals surface area contributed by atoms with Crippen molar-refractivity contribution in [2.45, 2.75) is 45.2 Å². The standard InChI is InChI=1S/C13H18N2S/c1-10-3-2-4-12(5-10)15-8-13-6-11(7-14)9-16-13/h6,9-10,12,15H,2-5,8H2,1H3. The molecule has 0 saturated heterocycles. The van der Waals surface area contributed by atoms with Gasteiger partial charge in [0.15, 0.2) is 0 Å². The summed E-state index contributed by atoms with van der Waals surface area (Å²) in [6, 6.07) is 4.84. The molecule has 0 amide bonds. The minimum Gasteiger partial charge on any atom is -0.309 e. The van der Waals surface area contributed by atoms with Gasteiger partial charge in [-0.05, 0) is 24.8 Å². The van der Waals surface area contributed by atoms with Gasteiger partial charge in [-0.2, -0.15) is 5.26 Å². The molecule has 1 heterocycles. The Morgan fingerprint density at radius 3 is 3.12 bits per heavy atom. The monoisotopic (exact) mass is 234 g/mol. The second kappa shape index (κ2) is 5.47. The molecule has 1 aliphatic carbocycles. The van der Waals surface area contributed by atoms with E-state index in [9.17, 15) is 0 Å². The van der Waals surface area contributed by atoms with Crippen molar-refractivity contribution in [3.05, 3.63) is 21.9 Å². The lowest BCUT2D eigenvalue weighted by atomic mass is 9.87. The number of nitriles is 1. The number of nitrogens with zero attached hydrogens (tertiary/aromatic N) is 1. The molecule has 0 aromatic carbocycles.